The molecule has 0 saturated carbocycles. The van der Waals surface area contributed by atoms with Crippen LogP contribution in [-0.4, -0.2) is 6.79 Å². The Balaban J connectivity index is 0.00000161. The minimum absolute atomic E-state index is 0. The van der Waals surface area contributed by atoms with Gasteiger partial charge in [-0.15, -0.1) is 24.0 Å². The van der Waals surface area contributed by atoms with Crippen LogP contribution < -0.4 is 14.0 Å². The van der Waals surface area contributed by atoms with Crippen LogP contribution in [0.25, 0.3) is 12.2 Å². The van der Waals surface area contributed by atoms with Crippen molar-refractivity contribution in [2.45, 2.75) is 6.54 Å². The Labute approximate surface area is 141 Å². The summed E-state index contributed by atoms with van der Waals surface area (Å²) in [5.41, 5.74) is 2.22. The van der Waals surface area contributed by atoms with Gasteiger partial charge in [-0.1, -0.05) is 12.6 Å². The molecule has 1 aliphatic rings. The van der Waals surface area contributed by atoms with Gasteiger partial charge in [0.25, 0.3) is 0 Å². The standard InChI is InChI=1S/C17H16NO2.HI/c1-2-10-18-11-4-3-5-15(18)8-6-14-7-9-16-17(12-14)20-13-19-16;/h2-9,11-12H,1,10,13H2;1H/q+1;/b8-6-;. The SMILES string of the molecule is C=CC[n+]1ccccc1/C=C\c1ccc2c(c1)OCO2.I. The van der Waals surface area contributed by atoms with Crippen LogP contribution in [0.1, 0.15) is 11.3 Å². The average Bonchev–Trinajstić information content (AvgIpc) is 2.94. The summed E-state index contributed by atoms with van der Waals surface area (Å²) in [5.74, 6) is 1.61. The maximum absolute atomic E-state index is 5.38. The number of rotatable bonds is 4. The van der Waals surface area contributed by atoms with E-state index in [1.807, 2.05) is 42.6 Å². The molecule has 1 aliphatic heterocycles. The lowest BCUT2D eigenvalue weighted by molar-refractivity contribution is -0.688. The van der Waals surface area contributed by atoms with Crippen molar-refractivity contribution < 1.29 is 14.0 Å². The number of hydrogen-bond acceptors (Lipinski definition) is 2. The van der Waals surface area contributed by atoms with Gasteiger partial charge in [0.05, 0.1) is 0 Å². The van der Waals surface area contributed by atoms with E-state index < -0.39 is 0 Å². The summed E-state index contributed by atoms with van der Waals surface area (Å²) in [7, 11) is 0. The molecule has 0 radical (unpaired) electrons. The van der Waals surface area contributed by atoms with Gasteiger partial charge < -0.3 is 9.47 Å². The summed E-state index contributed by atoms with van der Waals surface area (Å²) in [6.45, 7) is 4.88. The normalized spacial score (nSPS) is 12.2. The second-order valence-electron chi connectivity index (χ2n) is 4.51. The molecule has 2 heterocycles. The number of fused-ring (bicyclic) bond motifs is 1. The van der Waals surface area contributed by atoms with Crippen molar-refractivity contribution in [3.8, 4) is 11.5 Å². The van der Waals surface area contributed by atoms with Gasteiger partial charge in [-0.3, -0.25) is 0 Å². The quantitative estimate of drug-likeness (QED) is 0.449. The molecule has 108 valence electrons. The molecule has 0 spiro atoms. The van der Waals surface area contributed by atoms with E-state index in [1.54, 1.807) is 0 Å². The Morgan fingerprint density at radius 3 is 2.81 bits per heavy atom. The lowest BCUT2D eigenvalue weighted by Crippen LogP contribution is -2.35. The van der Waals surface area contributed by atoms with Crippen molar-refractivity contribution in [1.82, 2.24) is 0 Å². The van der Waals surface area contributed by atoms with Crippen LogP contribution >= 0.6 is 24.0 Å². The van der Waals surface area contributed by atoms with Gasteiger partial charge in [0.15, 0.2) is 24.2 Å². The zero-order valence-corrected chi connectivity index (χ0v) is 13.9. The number of benzene rings is 1. The molecule has 3 rings (SSSR count). The monoisotopic (exact) mass is 394 g/mol. The van der Waals surface area contributed by atoms with Gasteiger partial charge >= 0.3 is 0 Å². The van der Waals surface area contributed by atoms with Gasteiger partial charge in [-0.2, -0.15) is 4.57 Å². The highest BCUT2D eigenvalue weighted by molar-refractivity contribution is 14.0. The van der Waals surface area contributed by atoms with Crippen molar-refractivity contribution >= 4 is 36.1 Å². The molecule has 1 aromatic heterocycles. The molecule has 0 fully saturated rings. The van der Waals surface area contributed by atoms with E-state index in [9.17, 15) is 0 Å². The Morgan fingerprint density at radius 2 is 1.95 bits per heavy atom. The molecule has 0 bridgehead atoms. The number of halogens is 1. The van der Waals surface area contributed by atoms with E-state index in [0.717, 1.165) is 29.3 Å². The molecule has 0 unspecified atom stereocenters. The van der Waals surface area contributed by atoms with Crippen molar-refractivity contribution in [2.24, 2.45) is 0 Å². The number of aromatic nitrogens is 1. The van der Waals surface area contributed by atoms with Crippen molar-refractivity contribution in [1.29, 1.82) is 0 Å². The van der Waals surface area contributed by atoms with Crippen LogP contribution in [-0.2, 0) is 6.54 Å². The Kier molecular flexibility index (Phi) is 5.38. The first kappa shape index (κ1) is 15.6. The first-order valence-electron chi connectivity index (χ1n) is 6.54. The van der Waals surface area contributed by atoms with E-state index in [2.05, 4.69) is 29.4 Å². The van der Waals surface area contributed by atoms with Crippen LogP contribution in [0.15, 0.2) is 55.3 Å². The predicted molar refractivity (Wildman–Crippen MR) is 93.7 cm³/mol. The van der Waals surface area contributed by atoms with E-state index >= 15 is 0 Å². The van der Waals surface area contributed by atoms with E-state index in [-0.39, 0.29) is 24.0 Å². The molecular formula is C17H17INO2+. The first-order valence-corrected chi connectivity index (χ1v) is 6.54. The minimum atomic E-state index is 0. The Bertz CT molecular complexity index is 668. The number of allylic oxidation sites excluding steroid dienone is 1. The molecule has 0 saturated heterocycles. The van der Waals surface area contributed by atoms with E-state index in [0.29, 0.717) is 6.79 Å². The molecule has 0 N–H and O–H groups in total. The van der Waals surface area contributed by atoms with Gasteiger partial charge in [0.1, 0.15) is 0 Å². The molecular weight excluding hydrogens is 377 g/mol. The topological polar surface area (TPSA) is 22.3 Å². The van der Waals surface area contributed by atoms with E-state index in [4.69, 9.17) is 9.47 Å². The molecule has 2 aromatic rings. The number of hydrogen-bond donors (Lipinski definition) is 0. The van der Waals surface area contributed by atoms with Gasteiger partial charge in [0.2, 0.25) is 12.5 Å². The molecule has 0 aliphatic carbocycles. The van der Waals surface area contributed by atoms with E-state index in [1.165, 1.54) is 0 Å². The predicted octanol–water partition coefficient (Wildman–Crippen LogP) is 3.68. The average molecular weight is 394 g/mol. The highest BCUT2D eigenvalue weighted by Gasteiger charge is 2.12. The van der Waals surface area contributed by atoms with Crippen LogP contribution in [0.5, 0.6) is 11.5 Å². The molecule has 3 nitrogen and oxygen atoms in total. The molecule has 0 atom stereocenters. The molecule has 0 amide bonds. The summed E-state index contributed by atoms with van der Waals surface area (Å²) in [6.07, 6.45) is 8.08. The van der Waals surface area contributed by atoms with Crippen LogP contribution in [0.2, 0.25) is 0 Å². The molecule has 4 heteroatoms. The zero-order valence-electron chi connectivity index (χ0n) is 11.6. The zero-order chi connectivity index (χ0) is 13.8. The summed E-state index contributed by atoms with van der Waals surface area (Å²) >= 11 is 0. The van der Waals surface area contributed by atoms with Crippen molar-refractivity contribution in [3.63, 3.8) is 0 Å². The lowest BCUT2D eigenvalue weighted by atomic mass is 10.1. The van der Waals surface area contributed by atoms with Gasteiger partial charge in [-0.25, -0.2) is 0 Å². The summed E-state index contributed by atoms with van der Waals surface area (Å²) in [5, 5.41) is 0. The fraction of sp³-hybridized carbons (Fsp3) is 0.118. The molecule has 21 heavy (non-hydrogen) atoms. The highest BCUT2D eigenvalue weighted by atomic mass is 127. The first-order chi connectivity index (χ1) is 9.86. The number of ether oxygens (including phenoxy) is 2. The largest absolute Gasteiger partial charge is 0.454 e. The Hall–Kier alpha value is -1.82. The number of nitrogens with zero attached hydrogens (tertiary/aromatic N) is 1. The second-order valence-corrected chi connectivity index (χ2v) is 4.51. The van der Waals surface area contributed by atoms with Crippen molar-refractivity contribution in [2.75, 3.05) is 6.79 Å². The maximum Gasteiger partial charge on any atom is 0.231 e. The molecule has 1 aromatic carbocycles. The lowest BCUT2D eigenvalue weighted by Gasteiger charge is -1.99. The fourth-order valence-electron chi connectivity index (χ4n) is 2.14. The van der Waals surface area contributed by atoms with Crippen LogP contribution in [0, 0.1) is 0 Å². The third-order valence-electron chi connectivity index (χ3n) is 3.14. The third kappa shape index (κ3) is 3.64. The van der Waals surface area contributed by atoms with Gasteiger partial charge in [0, 0.05) is 18.2 Å². The second kappa shape index (κ2) is 7.26. The number of pyridine rings is 1. The Morgan fingerprint density at radius 1 is 1.10 bits per heavy atom. The van der Waals surface area contributed by atoms with Gasteiger partial charge in [-0.05, 0) is 35.9 Å². The summed E-state index contributed by atoms with van der Waals surface area (Å²) < 4.78 is 12.8. The minimum Gasteiger partial charge on any atom is -0.454 e. The highest BCUT2D eigenvalue weighted by Crippen LogP contribution is 2.32. The summed E-state index contributed by atoms with van der Waals surface area (Å²) in [4.78, 5) is 0. The summed E-state index contributed by atoms with van der Waals surface area (Å²) in [6, 6.07) is 12.1. The van der Waals surface area contributed by atoms with Crippen LogP contribution in [0.4, 0.5) is 0 Å². The maximum atomic E-state index is 5.38. The van der Waals surface area contributed by atoms with Crippen molar-refractivity contribution in [3.05, 3.63) is 66.5 Å². The fourth-order valence-corrected chi connectivity index (χ4v) is 2.14. The van der Waals surface area contributed by atoms with Crippen LogP contribution in [0.3, 0.4) is 0 Å². The third-order valence-corrected chi connectivity index (χ3v) is 3.14. The smallest absolute Gasteiger partial charge is 0.231 e.